The van der Waals surface area contributed by atoms with Crippen molar-refractivity contribution in [1.82, 2.24) is 5.32 Å². The predicted octanol–water partition coefficient (Wildman–Crippen LogP) is 3.78. The van der Waals surface area contributed by atoms with Gasteiger partial charge in [-0.05, 0) is 61.8 Å². The maximum Gasteiger partial charge on any atom is 0.338 e. The van der Waals surface area contributed by atoms with Gasteiger partial charge >= 0.3 is 5.97 Å². The summed E-state index contributed by atoms with van der Waals surface area (Å²) in [5, 5.41) is 6.87. The number of esters is 1. The van der Waals surface area contributed by atoms with Gasteiger partial charge in [-0.3, -0.25) is 0 Å². The number of nitrogens with one attached hydrogen (secondary N) is 2. The van der Waals surface area contributed by atoms with Crippen molar-refractivity contribution < 1.29 is 9.53 Å². The molecule has 4 nitrogen and oxygen atoms in total. The highest BCUT2D eigenvalue weighted by atomic mass is 32.1. The van der Waals surface area contributed by atoms with Crippen LogP contribution in [0.1, 0.15) is 29.3 Å². The van der Waals surface area contributed by atoms with Gasteiger partial charge in [0, 0.05) is 12.2 Å². The van der Waals surface area contributed by atoms with E-state index in [0.717, 1.165) is 25.1 Å². The van der Waals surface area contributed by atoms with Gasteiger partial charge in [-0.2, -0.15) is 0 Å². The average Bonchev–Trinajstić information content (AvgIpc) is 2.60. The first-order valence-corrected chi connectivity index (χ1v) is 8.46. The first-order chi connectivity index (χ1) is 11.7. The van der Waals surface area contributed by atoms with Gasteiger partial charge in [0.1, 0.15) is 0 Å². The topological polar surface area (TPSA) is 50.4 Å². The molecule has 0 aliphatic heterocycles. The second kappa shape index (κ2) is 9.67. The molecule has 126 valence electrons. The fourth-order valence-corrected chi connectivity index (χ4v) is 2.44. The van der Waals surface area contributed by atoms with Gasteiger partial charge in [0.2, 0.25) is 0 Å². The molecular formula is C19H22N2O2S. The Bertz CT molecular complexity index is 657. The smallest absolute Gasteiger partial charge is 0.338 e. The first kappa shape index (κ1) is 17.9. The molecule has 0 spiro atoms. The van der Waals surface area contributed by atoms with Crippen LogP contribution in [0.15, 0.2) is 54.6 Å². The quantitative estimate of drug-likeness (QED) is 0.455. The van der Waals surface area contributed by atoms with Crippen LogP contribution in [0.25, 0.3) is 0 Å². The molecule has 2 N–H and O–H groups in total. The number of carbonyl (C=O) groups is 1. The third-order valence-electron chi connectivity index (χ3n) is 3.42. The van der Waals surface area contributed by atoms with E-state index in [1.54, 1.807) is 19.1 Å². The summed E-state index contributed by atoms with van der Waals surface area (Å²) in [7, 11) is 0. The van der Waals surface area contributed by atoms with E-state index in [1.165, 1.54) is 5.56 Å². The molecule has 0 saturated carbocycles. The molecule has 5 heteroatoms. The van der Waals surface area contributed by atoms with Crippen LogP contribution in [0, 0.1) is 0 Å². The Kier molecular flexibility index (Phi) is 7.23. The number of anilines is 1. The number of hydrogen-bond donors (Lipinski definition) is 2. The molecule has 0 bridgehead atoms. The summed E-state index contributed by atoms with van der Waals surface area (Å²) in [6, 6.07) is 17.4. The van der Waals surface area contributed by atoms with E-state index in [4.69, 9.17) is 17.0 Å². The number of ether oxygens (including phenoxy) is 1. The molecule has 0 heterocycles. The number of hydrogen-bond acceptors (Lipinski definition) is 3. The summed E-state index contributed by atoms with van der Waals surface area (Å²) in [5.74, 6) is -0.314. The van der Waals surface area contributed by atoms with Gasteiger partial charge in [-0.1, -0.05) is 30.3 Å². The highest BCUT2D eigenvalue weighted by Crippen LogP contribution is 2.10. The van der Waals surface area contributed by atoms with Gasteiger partial charge in [0.15, 0.2) is 5.11 Å². The van der Waals surface area contributed by atoms with Crippen molar-refractivity contribution in [3.63, 3.8) is 0 Å². The molecule has 0 unspecified atom stereocenters. The van der Waals surface area contributed by atoms with E-state index in [-0.39, 0.29) is 5.97 Å². The number of rotatable bonds is 7. The van der Waals surface area contributed by atoms with Gasteiger partial charge in [-0.15, -0.1) is 0 Å². The van der Waals surface area contributed by atoms with Crippen molar-refractivity contribution >= 4 is 29.0 Å². The van der Waals surface area contributed by atoms with E-state index >= 15 is 0 Å². The lowest BCUT2D eigenvalue weighted by molar-refractivity contribution is 0.0526. The van der Waals surface area contributed by atoms with Gasteiger partial charge < -0.3 is 15.4 Å². The number of thiocarbonyl (C=S) groups is 1. The predicted molar refractivity (Wildman–Crippen MR) is 101 cm³/mol. The second-order valence-electron chi connectivity index (χ2n) is 5.27. The maximum absolute atomic E-state index is 11.6. The molecule has 0 radical (unpaired) electrons. The van der Waals surface area contributed by atoms with E-state index < -0.39 is 0 Å². The lowest BCUT2D eigenvalue weighted by Crippen LogP contribution is -2.29. The van der Waals surface area contributed by atoms with E-state index in [9.17, 15) is 4.79 Å². The van der Waals surface area contributed by atoms with Crippen molar-refractivity contribution in [2.24, 2.45) is 0 Å². The Morgan fingerprint density at radius 1 is 1.08 bits per heavy atom. The number of benzene rings is 2. The third-order valence-corrected chi connectivity index (χ3v) is 3.67. The van der Waals surface area contributed by atoms with Crippen molar-refractivity contribution in [2.45, 2.75) is 19.8 Å². The Morgan fingerprint density at radius 3 is 2.46 bits per heavy atom. The minimum Gasteiger partial charge on any atom is -0.462 e. The Hall–Kier alpha value is -2.40. The van der Waals surface area contributed by atoms with Gasteiger partial charge in [-0.25, -0.2) is 4.79 Å². The summed E-state index contributed by atoms with van der Waals surface area (Å²) in [5.41, 5.74) is 2.69. The molecule has 0 aromatic heterocycles. The minimum atomic E-state index is -0.314. The van der Waals surface area contributed by atoms with Crippen LogP contribution in [0.2, 0.25) is 0 Å². The van der Waals surface area contributed by atoms with Crippen molar-refractivity contribution in [1.29, 1.82) is 0 Å². The lowest BCUT2D eigenvalue weighted by atomic mass is 10.1. The first-order valence-electron chi connectivity index (χ1n) is 8.05. The largest absolute Gasteiger partial charge is 0.462 e. The highest BCUT2D eigenvalue weighted by molar-refractivity contribution is 7.80. The summed E-state index contributed by atoms with van der Waals surface area (Å²) in [4.78, 5) is 11.6. The number of carbonyl (C=O) groups excluding carboxylic acids is 1. The molecule has 2 aromatic carbocycles. The van der Waals surface area contributed by atoms with Crippen LogP contribution < -0.4 is 10.6 Å². The molecule has 0 aliphatic rings. The van der Waals surface area contributed by atoms with Crippen LogP contribution in [0.4, 0.5) is 5.69 Å². The SMILES string of the molecule is CCOC(=O)c1ccc(NC(=S)NCCCc2ccccc2)cc1. The monoisotopic (exact) mass is 342 g/mol. The van der Waals surface area contributed by atoms with Crippen LogP contribution in [0.3, 0.4) is 0 Å². The molecule has 24 heavy (non-hydrogen) atoms. The summed E-state index contributed by atoms with van der Waals surface area (Å²) >= 11 is 5.28. The number of aryl methyl sites for hydroxylation is 1. The van der Waals surface area contributed by atoms with E-state index in [2.05, 4.69) is 34.9 Å². The molecule has 2 rings (SSSR count). The van der Waals surface area contributed by atoms with E-state index in [0.29, 0.717) is 17.3 Å². The van der Waals surface area contributed by atoms with Gasteiger partial charge in [0.25, 0.3) is 0 Å². The lowest BCUT2D eigenvalue weighted by Gasteiger charge is -2.11. The molecule has 2 aromatic rings. The molecule has 0 amide bonds. The van der Waals surface area contributed by atoms with E-state index in [1.807, 2.05) is 18.2 Å². The molecule has 0 atom stereocenters. The highest BCUT2D eigenvalue weighted by Gasteiger charge is 2.06. The van der Waals surface area contributed by atoms with Crippen molar-refractivity contribution in [3.05, 3.63) is 65.7 Å². The fourth-order valence-electron chi connectivity index (χ4n) is 2.22. The zero-order valence-corrected chi connectivity index (χ0v) is 14.6. The second-order valence-corrected chi connectivity index (χ2v) is 5.68. The molecular weight excluding hydrogens is 320 g/mol. The maximum atomic E-state index is 11.6. The van der Waals surface area contributed by atoms with Crippen molar-refractivity contribution in [2.75, 3.05) is 18.5 Å². The Morgan fingerprint density at radius 2 is 1.79 bits per heavy atom. The van der Waals surface area contributed by atoms with Crippen molar-refractivity contribution in [3.8, 4) is 0 Å². The molecule has 0 saturated heterocycles. The van der Waals surface area contributed by atoms with Crippen LogP contribution >= 0.6 is 12.2 Å². The fraction of sp³-hybridized carbons (Fsp3) is 0.263. The summed E-state index contributed by atoms with van der Waals surface area (Å²) < 4.78 is 4.95. The Labute approximate surface area is 148 Å². The average molecular weight is 342 g/mol. The zero-order valence-electron chi connectivity index (χ0n) is 13.7. The molecule has 0 fully saturated rings. The standard InChI is InChI=1S/C19H22N2O2S/c1-2-23-18(22)16-10-12-17(13-11-16)21-19(24)20-14-6-9-15-7-4-3-5-8-15/h3-5,7-8,10-13H,2,6,9,14H2,1H3,(H2,20,21,24). The third kappa shape index (κ3) is 6.01. The summed E-state index contributed by atoms with van der Waals surface area (Å²) in [6.07, 6.45) is 2.03. The minimum absolute atomic E-state index is 0.314. The van der Waals surface area contributed by atoms with Gasteiger partial charge in [0.05, 0.1) is 12.2 Å². The zero-order chi connectivity index (χ0) is 17.2. The normalized spacial score (nSPS) is 10.0. The van der Waals surface area contributed by atoms with Crippen LogP contribution in [-0.4, -0.2) is 24.2 Å². The van der Waals surface area contributed by atoms with Crippen LogP contribution in [0.5, 0.6) is 0 Å². The Balaban J connectivity index is 1.71. The molecule has 0 aliphatic carbocycles. The summed E-state index contributed by atoms with van der Waals surface area (Å²) in [6.45, 7) is 2.97. The van der Waals surface area contributed by atoms with Crippen LogP contribution in [-0.2, 0) is 11.2 Å².